The van der Waals surface area contributed by atoms with Crippen LogP contribution in [0.2, 0.25) is 5.02 Å². The molecule has 0 radical (unpaired) electrons. The molecule has 0 saturated heterocycles. The SMILES string of the molecule is Cc1ccc(N(CC(=O)NCc2cccc(C)c2)S(=O)(=O)c2ccc(Cl)cc2)cc1. The van der Waals surface area contributed by atoms with E-state index in [1.807, 2.05) is 50.2 Å². The second-order valence-corrected chi connectivity index (χ2v) is 9.37. The maximum Gasteiger partial charge on any atom is 0.264 e. The van der Waals surface area contributed by atoms with Crippen LogP contribution in [0.5, 0.6) is 0 Å². The number of anilines is 1. The van der Waals surface area contributed by atoms with E-state index in [2.05, 4.69) is 5.32 Å². The van der Waals surface area contributed by atoms with Crippen LogP contribution in [0.1, 0.15) is 16.7 Å². The number of nitrogens with zero attached hydrogens (tertiary/aromatic N) is 1. The van der Waals surface area contributed by atoms with E-state index < -0.39 is 15.9 Å². The van der Waals surface area contributed by atoms with Crippen molar-refractivity contribution < 1.29 is 13.2 Å². The maximum absolute atomic E-state index is 13.3. The molecule has 7 heteroatoms. The molecule has 0 aliphatic heterocycles. The van der Waals surface area contributed by atoms with Crippen molar-refractivity contribution in [3.05, 3.63) is 94.5 Å². The second-order valence-electron chi connectivity index (χ2n) is 7.07. The number of rotatable bonds is 7. The fourth-order valence-electron chi connectivity index (χ4n) is 2.97. The zero-order valence-electron chi connectivity index (χ0n) is 16.8. The topological polar surface area (TPSA) is 66.5 Å². The van der Waals surface area contributed by atoms with Gasteiger partial charge in [0.25, 0.3) is 10.0 Å². The van der Waals surface area contributed by atoms with Gasteiger partial charge in [0.15, 0.2) is 0 Å². The van der Waals surface area contributed by atoms with Crippen LogP contribution >= 0.6 is 11.6 Å². The molecular formula is C23H23ClN2O3S. The van der Waals surface area contributed by atoms with Gasteiger partial charge in [0.2, 0.25) is 5.91 Å². The van der Waals surface area contributed by atoms with Crippen LogP contribution in [-0.2, 0) is 21.4 Å². The number of halogens is 1. The Bertz CT molecular complexity index is 1130. The Balaban J connectivity index is 1.85. The minimum absolute atomic E-state index is 0.0685. The van der Waals surface area contributed by atoms with E-state index in [0.717, 1.165) is 21.0 Å². The molecule has 0 saturated carbocycles. The molecule has 3 aromatic rings. The number of benzene rings is 3. The van der Waals surface area contributed by atoms with Gasteiger partial charge in [0.1, 0.15) is 6.54 Å². The summed E-state index contributed by atoms with van der Waals surface area (Å²) in [4.78, 5) is 12.7. The number of nitrogens with one attached hydrogen (secondary N) is 1. The van der Waals surface area contributed by atoms with Crippen LogP contribution < -0.4 is 9.62 Å². The van der Waals surface area contributed by atoms with Gasteiger partial charge in [-0.15, -0.1) is 0 Å². The molecule has 3 aromatic carbocycles. The Labute approximate surface area is 182 Å². The zero-order chi connectivity index (χ0) is 21.7. The van der Waals surface area contributed by atoms with Crippen molar-refractivity contribution in [1.82, 2.24) is 5.32 Å². The summed E-state index contributed by atoms with van der Waals surface area (Å²) in [6, 6.07) is 20.7. The van der Waals surface area contributed by atoms with Crippen LogP contribution in [-0.4, -0.2) is 20.9 Å². The number of carbonyl (C=O) groups is 1. The Morgan fingerprint density at radius 3 is 2.23 bits per heavy atom. The minimum Gasteiger partial charge on any atom is -0.350 e. The van der Waals surface area contributed by atoms with Crippen molar-refractivity contribution in [3.63, 3.8) is 0 Å². The van der Waals surface area contributed by atoms with Crippen molar-refractivity contribution in [2.24, 2.45) is 0 Å². The van der Waals surface area contributed by atoms with Crippen molar-refractivity contribution in [1.29, 1.82) is 0 Å². The average Bonchev–Trinajstić information content (AvgIpc) is 2.71. The number of aryl methyl sites for hydroxylation is 2. The van der Waals surface area contributed by atoms with E-state index in [1.165, 1.54) is 24.3 Å². The Hall–Kier alpha value is -2.83. The summed E-state index contributed by atoms with van der Waals surface area (Å²) in [7, 11) is -3.95. The van der Waals surface area contributed by atoms with Crippen molar-refractivity contribution in [2.75, 3.05) is 10.8 Å². The first kappa shape index (κ1) is 21.9. The zero-order valence-corrected chi connectivity index (χ0v) is 18.4. The molecule has 1 amide bonds. The molecule has 0 aromatic heterocycles. The van der Waals surface area contributed by atoms with Crippen LogP contribution in [0.4, 0.5) is 5.69 Å². The maximum atomic E-state index is 13.3. The number of sulfonamides is 1. The van der Waals surface area contributed by atoms with Gasteiger partial charge >= 0.3 is 0 Å². The van der Waals surface area contributed by atoms with Gasteiger partial charge in [-0.05, 0) is 55.8 Å². The van der Waals surface area contributed by atoms with E-state index in [-0.39, 0.29) is 11.4 Å². The number of hydrogen-bond acceptors (Lipinski definition) is 3. The largest absolute Gasteiger partial charge is 0.350 e. The van der Waals surface area contributed by atoms with E-state index >= 15 is 0 Å². The van der Waals surface area contributed by atoms with Crippen LogP contribution in [0.15, 0.2) is 77.7 Å². The Kier molecular flexibility index (Phi) is 6.80. The fourth-order valence-corrected chi connectivity index (χ4v) is 4.52. The van der Waals surface area contributed by atoms with E-state index in [0.29, 0.717) is 17.3 Å². The number of amides is 1. The second kappa shape index (κ2) is 9.32. The van der Waals surface area contributed by atoms with Gasteiger partial charge in [-0.3, -0.25) is 9.10 Å². The fraction of sp³-hybridized carbons (Fsp3) is 0.174. The van der Waals surface area contributed by atoms with E-state index in [1.54, 1.807) is 12.1 Å². The molecule has 1 N–H and O–H groups in total. The summed E-state index contributed by atoms with van der Waals surface area (Å²) in [5, 5.41) is 3.24. The highest BCUT2D eigenvalue weighted by atomic mass is 35.5. The molecule has 0 unspecified atom stereocenters. The van der Waals surface area contributed by atoms with Crippen molar-refractivity contribution >= 4 is 33.2 Å². The minimum atomic E-state index is -3.95. The standard InChI is InChI=1S/C23H23ClN2O3S/c1-17-6-10-21(11-7-17)26(30(28,29)22-12-8-20(24)9-13-22)16-23(27)25-15-19-5-3-4-18(2)14-19/h3-14H,15-16H2,1-2H3,(H,25,27). The molecule has 3 rings (SSSR count). The molecular weight excluding hydrogens is 420 g/mol. The highest BCUT2D eigenvalue weighted by Crippen LogP contribution is 2.25. The van der Waals surface area contributed by atoms with E-state index in [4.69, 9.17) is 11.6 Å². The van der Waals surface area contributed by atoms with Gasteiger partial charge in [-0.2, -0.15) is 0 Å². The lowest BCUT2D eigenvalue weighted by Gasteiger charge is -2.24. The van der Waals surface area contributed by atoms with E-state index in [9.17, 15) is 13.2 Å². The average molecular weight is 443 g/mol. The smallest absolute Gasteiger partial charge is 0.264 e. The Morgan fingerprint density at radius 1 is 0.933 bits per heavy atom. The summed E-state index contributed by atoms with van der Waals surface area (Å²) in [5.74, 6) is -0.394. The molecule has 30 heavy (non-hydrogen) atoms. The van der Waals surface area contributed by atoms with Crippen molar-refractivity contribution in [2.45, 2.75) is 25.3 Å². The summed E-state index contributed by atoms with van der Waals surface area (Å²) in [6.07, 6.45) is 0. The summed E-state index contributed by atoms with van der Waals surface area (Å²) in [5.41, 5.74) is 3.45. The van der Waals surface area contributed by atoms with Gasteiger partial charge in [0.05, 0.1) is 10.6 Å². The molecule has 156 valence electrons. The van der Waals surface area contributed by atoms with Crippen LogP contribution in [0.25, 0.3) is 0 Å². The predicted octanol–water partition coefficient (Wildman–Crippen LogP) is 4.47. The van der Waals surface area contributed by atoms with Crippen LogP contribution in [0.3, 0.4) is 0 Å². The highest BCUT2D eigenvalue weighted by Gasteiger charge is 2.27. The third-order valence-electron chi connectivity index (χ3n) is 4.58. The molecule has 0 aliphatic carbocycles. The molecule has 0 bridgehead atoms. The summed E-state index contributed by atoms with van der Waals surface area (Å²) < 4.78 is 27.7. The Morgan fingerprint density at radius 2 is 1.60 bits per heavy atom. The lowest BCUT2D eigenvalue weighted by molar-refractivity contribution is -0.119. The first-order valence-electron chi connectivity index (χ1n) is 9.43. The molecule has 0 fully saturated rings. The predicted molar refractivity (Wildman–Crippen MR) is 120 cm³/mol. The highest BCUT2D eigenvalue weighted by molar-refractivity contribution is 7.92. The molecule has 0 aliphatic rings. The third kappa shape index (κ3) is 5.40. The molecule has 0 atom stereocenters. The molecule has 5 nitrogen and oxygen atoms in total. The van der Waals surface area contributed by atoms with Crippen molar-refractivity contribution in [3.8, 4) is 0 Å². The normalized spacial score (nSPS) is 11.2. The first-order chi connectivity index (χ1) is 14.3. The third-order valence-corrected chi connectivity index (χ3v) is 6.62. The van der Waals surface area contributed by atoms with Gasteiger partial charge in [-0.1, -0.05) is 59.1 Å². The quantitative estimate of drug-likeness (QED) is 0.587. The molecule has 0 spiro atoms. The summed E-state index contributed by atoms with van der Waals surface area (Å²) in [6.45, 7) is 3.88. The first-order valence-corrected chi connectivity index (χ1v) is 11.2. The van der Waals surface area contributed by atoms with Gasteiger partial charge in [-0.25, -0.2) is 8.42 Å². The van der Waals surface area contributed by atoms with Crippen LogP contribution in [0, 0.1) is 13.8 Å². The van der Waals surface area contributed by atoms with Gasteiger partial charge in [0, 0.05) is 11.6 Å². The lowest BCUT2D eigenvalue weighted by Crippen LogP contribution is -2.40. The summed E-state index contributed by atoms with van der Waals surface area (Å²) >= 11 is 5.90. The monoisotopic (exact) mass is 442 g/mol. The number of carbonyl (C=O) groups excluding carboxylic acids is 1. The molecule has 0 heterocycles. The lowest BCUT2D eigenvalue weighted by atomic mass is 10.1. The van der Waals surface area contributed by atoms with Gasteiger partial charge < -0.3 is 5.32 Å². The number of hydrogen-bond donors (Lipinski definition) is 1.